The van der Waals surface area contributed by atoms with E-state index in [4.69, 9.17) is 0 Å². The lowest BCUT2D eigenvalue weighted by atomic mass is 10.1. The summed E-state index contributed by atoms with van der Waals surface area (Å²) in [6.07, 6.45) is 0. The Morgan fingerprint density at radius 2 is 1.67 bits per heavy atom. The van der Waals surface area contributed by atoms with Gasteiger partial charge in [0.1, 0.15) is 5.82 Å². The van der Waals surface area contributed by atoms with Gasteiger partial charge in [0.05, 0.1) is 10.6 Å². The van der Waals surface area contributed by atoms with E-state index in [1.54, 1.807) is 13.0 Å². The lowest BCUT2D eigenvalue weighted by Crippen LogP contribution is -2.31. The lowest BCUT2D eigenvalue weighted by molar-refractivity contribution is 0.590. The molecule has 0 unspecified atom stereocenters. The van der Waals surface area contributed by atoms with E-state index in [-0.39, 0.29) is 4.90 Å². The summed E-state index contributed by atoms with van der Waals surface area (Å²) >= 11 is 0. The van der Waals surface area contributed by atoms with Crippen LogP contribution in [0.1, 0.15) is 18.1 Å². The van der Waals surface area contributed by atoms with E-state index in [2.05, 4.69) is 0 Å². The number of rotatable bonds is 4. The maximum atomic E-state index is 13.0. The van der Waals surface area contributed by atoms with Gasteiger partial charge in [-0.3, -0.25) is 4.31 Å². The fourth-order valence-corrected chi connectivity index (χ4v) is 3.74. The van der Waals surface area contributed by atoms with Gasteiger partial charge in [0.15, 0.2) is 0 Å². The highest BCUT2D eigenvalue weighted by Crippen LogP contribution is 2.28. The fraction of sp³-hybridized carbons (Fsp3) is 0.250. The first kappa shape index (κ1) is 15.5. The highest BCUT2D eigenvalue weighted by molar-refractivity contribution is 7.92. The standard InChI is InChI=1S/C16H18FNO2S/c1-4-18(16-7-5-6-12(2)13(16)3)21(19,20)15-10-8-14(17)9-11-15/h5-11H,4H2,1-3H3. The monoisotopic (exact) mass is 307 g/mol. The number of halogens is 1. The van der Waals surface area contributed by atoms with Crippen LogP contribution in [0.3, 0.4) is 0 Å². The molecule has 0 saturated carbocycles. The second-order valence-corrected chi connectivity index (χ2v) is 6.71. The van der Waals surface area contributed by atoms with Gasteiger partial charge >= 0.3 is 0 Å². The minimum absolute atomic E-state index is 0.0895. The molecule has 0 fully saturated rings. The summed E-state index contributed by atoms with van der Waals surface area (Å²) in [5, 5.41) is 0. The van der Waals surface area contributed by atoms with Gasteiger partial charge in [-0.1, -0.05) is 12.1 Å². The number of nitrogens with zero attached hydrogens (tertiary/aromatic N) is 1. The van der Waals surface area contributed by atoms with Crippen molar-refractivity contribution in [3.8, 4) is 0 Å². The highest BCUT2D eigenvalue weighted by Gasteiger charge is 2.24. The number of hydrogen-bond acceptors (Lipinski definition) is 2. The van der Waals surface area contributed by atoms with Crippen LogP contribution in [-0.2, 0) is 10.0 Å². The van der Waals surface area contributed by atoms with Crippen molar-refractivity contribution < 1.29 is 12.8 Å². The van der Waals surface area contributed by atoms with Crippen molar-refractivity contribution in [3.63, 3.8) is 0 Å². The molecule has 21 heavy (non-hydrogen) atoms. The van der Waals surface area contributed by atoms with Crippen LogP contribution in [0.4, 0.5) is 10.1 Å². The lowest BCUT2D eigenvalue weighted by Gasteiger charge is -2.25. The molecule has 0 aliphatic carbocycles. The normalized spacial score (nSPS) is 11.4. The van der Waals surface area contributed by atoms with Gasteiger partial charge in [0.2, 0.25) is 0 Å². The third kappa shape index (κ3) is 2.93. The topological polar surface area (TPSA) is 37.4 Å². The zero-order valence-electron chi connectivity index (χ0n) is 12.3. The van der Waals surface area contributed by atoms with Crippen molar-refractivity contribution >= 4 is 15.7 Å². The molecule has 112 valence electrons. The SMILES string of the molecule is CCN(c1cccc(C)c1C)S(=O)(=O)c1ccc(F)cc1. The van der Waals surface area contributed by atoms with Gasteiger partial charge in [-0.2, -0.15) is 0 Å². The Hall–Kier alpha value is -1.88. The summed E-state index contributed by atoms with van der Waals surface area (Å²) in [6, 6.07) is 10.5. The van der Waals surface area contributed by atoms with Gasteiger partial charge in [-0.25, -0.2) is 12.8 Å². The van der Waals surface area contributed by atoms with Crippen LogP contribution in [0.5, 0.6) is 0 Å². The smallest absolute Gasteiger partial charge is 0.264 e. The first-order valence-electron chi connectivity index (χ1n) is 6.72. The minimum Gasteiger partial charge on any atom is -0.266 e. The Morgan fingerprint density at radius 3 is 2.24 bits per heavy atom. The maximum Gasteiger partial charge on any atom is 0.264 e. The summed E-state index contributed by atoms with van der Waals surface area (Å²) in [6.45, 7) is 5.93. The number of hydrogen-bond donors (Lipinski definition) is 0. The first-order chi connectivity index (χ1) is 9.87. The molecule has 0 saturated heterocycles. The van der Waals surface area contributed by atoms with E-state index in [9.17, 15) is 12.8 Å². The van der Waals surface area contributed by atoms with Crippen LogP contribution in [0, 0.1) is 19.7 Å². The van der Waals surface area contributed by atoms with Crippen LogP contribution >= 0.6 is 0 Å². The summed E-state index contributed by atoms with van der Waals surface area (Å²) < 4.78 is 39.8. The first-order valence-corrected chi connectivity index (χ1v) is 8.16. The summed E-state index contributed by atoms with van der Waals surface area (Å²) in [5.41, 5.74) is 2.60. The second kappa shape index (κ2) is 5.85. The minimum atomic E-state index is -3.69. The molecule has 2 aromatic carbocycles. The van der Waals surface area contributed by atoms with E-state index in [1.807, 2.05) is 26.0 Å². The molecule has 0 heterocycles. The molecule has 2 aromatic rings. The highest BCUT2D eigenvalue weighted by atomic mass is 32.2. The second-order valence-electron chi connectivity index (χ2n) is 4.84. The summed E-state index contributed by atoms with van der Waals surface area (Å²) in [5.74, 6) is -0.455. The molecule has 3 nitrogen and oxygen atoms in total. The number of sulfonamides is 1. The van der Waals surface area contributed by atoms with Gasteiger partial charge in [0, 0.05) is 6.54 Å². The predicted molar refractivity (Wildman–Crippen MR) is 82.5 cm³/mol. The fourth-order valence-electron chi connectivity index (χ4n) is 2.21. The Morgan fingerprint density at radius 1 is 1.05 bits per heavy atom. The predicted octanol–water partition coefficient (Wildman–Crippen LogP) is 3.66. The quantitative estimate of drug-likeness (QED) is 0.864. The van der Waals surface area contributed by atoms with E-state index in [1.165, 1.54) is 16.4 Å². The van der Waals surface area contributed by atoms with Crippen molar-refractivity contribution in [2.45, 2.75) is 25.7 Å². The Kier molecular flexibility index (Phi) is 4.32. The summed E-state index contributed by atoms with van der Waals surface area (Å²) in [4.78, 5) is 0.0895. The molecular weight excluding hydrogens is 289 g/mol. The van der Waals surface area contributed by atoms with Crippen molar-refractivity contribution in [1.82, 2.24) is 0 Å². The van der Waals surface area contributed by atoms with Crippen LogP contribution in [-0.4, -0.2) is 15.0 Å². The van der Waals surface area contributed by atoms with E-state index < -0.39 is 15.8 Å². The van der Waals surface area contributed by atoms with E-state index >= 15 is 0 Å². The van der Waals surface area contributed by atoms with E-state index in [0.717, 1.165) is 23.3 Å². The number of aryl methyl sites for hydroxylation is 1. The summed E-state index contributed by atoms with van der Waals surface area (Å²) in [7, 11) is -3.69. The van der Waals surface area contributed by atoms with Crippen LogP contribution in [0.15, 0.2) is 47.4 Å². The number of anilines is 1. The average Bonchev–Trinajstić information content (AvgIpc) is 2.44. The molecule has 0 amide bonds. The zero-order chi connectivity index (χ0) is 15.6. The Balaban J connectivity index is 2.54. The molecule has 0 bridgehead atoms. The van der Waals surface area contributed by atoms with Crippen LogP contribution in [0.2, 0.25) is 0 Å². The Labute approximate surface area is 125 Å². The van der Waals surface area contributed by atoms with Crippen LogP contribution < -0.4 is 4.31 Å². The average molecular weight is 307 g/mol. The molecule has 0 N–H and O–H groups in total. The Bertz CT molecular complexity index is 739. The van der Waals surface area contributed by atoms with Crippen molar-refractivity contribution in [3.05, 3.63) is 59.4 Å². The molecule has 0 aliphatic rings. The largest absolute Gasteiger partial charge is 0.266 e. The third-order valence-electron chi connectivity index (χ3n) is 3.53. The molecule has 0 aromatic heterocycles. The van der Waals surface area contributed by atoms with Crippen LogP contribution in [0.25, 0.3) is 0 Å². The molecule has 2 rings (SSSR count). The molecule has 0 aliphatic heterocycles. The van der Waals surface area contributed by atoms with Gasteiger partial charge in [-0.05, 0) is 62.2 Å². The van der Waals surface area contributed by atoms with Gasteiger partial charge < -0.3 is 0 Å². The maximum absolute atomic E-state index is 13.0. The molecule has 0 atom stereocenters. The van der Waals surface area contributed by atoms with Crippen molar-refractivity contribution in [2.24, 2.45) is 0 Å². The molecular formula is C16H18FNO2S. The van der Waals surface area contributed by atoms with Gasteiger partial charge in [-0.15, -0.1) is 0 Å². The molecule has 0 radical (unpaired) electrons. The van der Waals surface area contributed by atoms with Gasteiger partial charge in [0.25, 0.3) is 10.0 Å². The zero-order valence-corrected chi connectivity index (χ0v) is 13.1. The third-order valence-corrected chi connectivity index (χ3v) is 5.44. The molecule has 0 spiro atoms. The van der Waals surface area contributed by atoms with Crippen molar-refractivity contribution in [2.75, 3.05) is 10.8 Å². The van der Waals surface area contributed by atoms with E-state index in [0.29, 0.717) is 12.2 Å². The van der Waals surface area contributed by atoms with Crippen molar-refractivity contribution in [1.29, 1.82) is 0 Å². The number of benzene rings is 2. The molecule has 5 heteroatoms.